The molecule has 0 unspecified atom stereocenters. The van der Waals surface area contributed by atoms with Gasteiger partial charge in [-0.1, -0.05) is 26.7 Å². The van der Waals surface area contributed by atoms with E-state index in [1.54, 1.807) is 0 Å². The van der Waals surface area contributed by atoms with Crippen molar-refractivity contribution in [2.24, 2.45) is 11.5 Å². The Morgan fingerprint density at radius 2 is 1.48 bits per heavy atom. The van der Waals surface area contributed by atoms with Crippen molar-refractivity contribution in [2.45, 2.75) is 26.7 Å². The summed E-state index contributed by atoms with van der Waals surface area (Å²) in [5, 5.41) is 8.53. The highest BCUT2D eigenvalue weighted by Crippen LogP contribution is 2.28. The predicted octanol–water partition coefficient (Wildman–Crippen LogP) is 1.16. The molecule has 0 saturated heterocycles. The van der Waals surface area contributed by atoms with E-state index in [1.165, 1.54) is 26.0 Å². The number of amides is 2. The van der Waals surface area contributed by atoms with Crippen molar-refractivity contribution in [1.82, 2.24) is 0 Å². The Morgan fingerprint density at radius 3 is 1.83 bits per heavy atom. The van der Waals surface area contributed by atoms with Gasteiger partial charge in [0, 0.05) is 6.07 Å². The standard InChI is InChI=1S/C11H12N2O6.C4H10/c1-18-7-3-8(19-4-9(14)15)6(11(13)17)2-5(7)10(12)16;1-3-4-2/h2-3H,4H2,1H3,(H2,12,16)(H2,13,17)(H,14,15);3-4H2,1-2H3. The van der Waals surface area contributed by atoms with Crippen molar-refractivity contribution in [2.75, 3.05) is 13.7 Å². The van der Waals surface area contributed by atoms with Gasteiger partial charge in [0.1, 0.15) is 11.5 Å². The maximum atomic E-state index is 11.2. The molecule has 0 heterocycles. The molecule has 1 rings (SSSR count). The van der Waals surface area contributed by atoms with E-state index in [1.807, 2.05) is 0 Å². The number of hydrogen-bond acceptors (Lipinski definition) is 5. The van der Waals surface area contributed by atoms with E-state index >= 15 is 0 Å². The van der Waals surface area contributed by atoms with Crippen LogP contribution in [0.25, 0.3) is 0 Å². The van der Waals surface area contributed by atoms with E-state index in [0.717, 1.165) is 6.07 Å². The van der Waals surface area contributed by atoms with E-state index in [0.29, 0.717) is 0 Å². The van der Waals surface area contributed by atoms with Crippen molar-refractivity contribution in [3.05, 3.63) is 23.3 Å². The van der Waals surface area contributed by atoms with Crippen LogP contribution in [0.1, 0.15) is 47.4 Å². The van der Waals surface area contributed by atoms with E-state index in [2.05, 4.69) is 13.8 Å². The molecule has 0 radical (unpaired) electrons. The first-order valence-electron chi connectivity index (χ1n) is 6.94. The predicted molar refractivity (Wildman–Crippen MR) is 83.7 cm³/mol. The maximum Gasteiger partial charge on any atom is 0.341 e. The van der Waals surface area contributed by atoms with E-state index in [4.69, 9.17) is 26.0 Å². The highest BCUT2D eigenvalue weighted by molar-refractivity contribution is 6.02. The molecule has 0 fully saturated rings. The third-order valence-corrected chi connectivity index (χ3v) is 2.68. The van der Waals surface area contributed by atoms with Crippen LogP contribution in [0.4, 0.5) is 0 Å². The molecular weight excluding hydrogens is 304 g/mol. The summed E-state index contributed by atoms with van der Waals surface area (Å²) in [5.41, 5.74) is 10.0. The average Bonchev–Trinajstić information content (AvgIpc) is 2.51. The van der Waals surface area contributed by atoms with Crippen molar-refractivity contribution < 1.29 is 29.0 Å². The topological polar surface area (TPSA) is 142 Å². The summed E-state index contributed by atoms with van der Waals surface area (Å²) in [5.74, 6) is -2.97. The average molecular weight is 326 g/mol. The first-order chi connectivity index (χ1) is 10.8. The number of hydrogen-bond donors (Lipinski definition) is 3. The Kier molecular flexibility index (Phi) is 8.83. The molecule has 0 aliphatic rings. The second kappa shape index (κ2) is 10.0. The molecule has 1 aromatic rings. The van der Waals surface area contributed by atoms with Crippen LogP contribution >= 0.6 is 0 Å². The minimum Gasteiger partial charge on any atom is -0.496 e. The number of methoxy groups -OCH3 is 1. The van der Waals surface area contributed by atoms with E-state index in [-0.39, 0.29) is 22.6 Å². The van der Waals surface area contributed by atoms with Crippen molar-refractivity contribution in [3.8, 4) is 11.5 Å². The first kappa shape index (κ1) is 20.2. The van der Waals surface area contributed by atoms with Crippen molar-refractivity contribution in [1.29, 1.82) is 0 Å². The number of ether oxygens (including phenoxy) is 2. The second-order valence-corrected chi connectivity index (χ2v) is 4.46. The van der Waals surface area contributed by atoms with Gasteiger partial charge in [-0.05, 0) is 6.07 Å². The zero-order valence-electron chi connectivity index (χ0n) is 13.4. The molecule has 0 atom stereocenters. The molecule has 23 heavy (non-hydrogen) atoms. The van der Waals surface area contributed by atoms with Gasteiger partial charge in [-0.25, -0.2) is 4.79 Å². The lowest BCUT2D eigenvalue weighted by Gasteiger charge is -2.12. The summed E-state index contributed by atoms with van der Waals surface area (Å²) in [6.07, 6.45) is 2.64. The zero-order chi connectivity index (χ0) is 18.0. The van der Waals surface area contributed by atoms with Crippen molar-refractivity contribution in [3.63, 3.8) is 0 Å². The number of aliphatic carboxylic acids is 1. The summed E-state index contributed by atoms with van der Waals surface area (Å²) < 4.78 is 9.81. The van der Waals surface area contributed by atoms with Gasteiger partial charge < -0.3 is 26.0 Å². The van der Waals surface area contributed by atoms with Gasteiger partial charge >= 0.3 is 5.97 Å². The summed E-state index contributed by atoms with van der Waals surface area (Å²) >= 11 is 0. The number of carboxylic acids is 1. The molecule has 0 aliphatic carbocycles. The van der Waals surface area contributed by atoms with Crippen molar-refractivity contribution >= 4 is 17.8 Å². The molecule has 2 amide bonds. The molecule has 0 aliphatic heterocycles. The summed E-state index contributed by atoms with van der Waals surface area (Å²) in [4.78, 5) is 32.9. The summed E-state index contributed by atoms with van der Waals surface area (Å²) in [6, 6.07) is 2.28. The van der Waals surface area contributed by atoms with Gasteiger partial charge in [0.15, 0.2) is 6.61 Å². The van der Waals surface area contributed by atoms with Crippen LogP contribution in [-0.2, 0) is 4.79 Å². The van der Waals surface area contributed by atoms with Crippen LogP contribution < -0.4 is 20.9 Å². The Morgan fingerprint density at radius 1 is 1.00 bits per heavy atom. The number of carboxylic acid groups (broad SMARTS) is 1. The Bertz CT molecular complexity index is 569. The fourth-order valence-corrected chi connectivity index (χ4v) is 1.37. The highest BCUT2D eigenvalue weighted by Gasteiger charge is 2.18. The van der Waals surface area contributed by atoms with Gasteiger partial charge in [0.25, 0.3) is 11.8 Å². The molecule has 0 bridgehead atoms. The van der Waals surface area contributed by atoms with Crippen LogP contribution in [0.3, 0.4) is 0 Å². The zero-order valence-corrected chi connectivity index (χ0v) is 13.4. The number of carbonyl (C=O) groups excluding carboxylic acids is 2. The Balaban J connectivity index is 0.00000108. The molecule has 5 N–H and O–H groups in total. The third-order valence-electron chi connectivity index (χ3n) is 2.68. The number of carbonyl (C=O) groups is 3. The first-order valence-corrected chi connectivity index (χ1v) is 6.94. The van der Waals surface area contributed by atoms with Crippen LogP contribution in [-0.4, -0.2) is 36.6 Å². The SMILES string of the molecule is CCCC.COc1cc(OCC(=O)O)c(C(N)=O)cc1C(N)=O. The number of nitrogens with two attached hydrogens (primary N) is 2. The number of primary amides is 2. The molecular formula is C15H22N2O6. The minimum atomic E-state index is -1.23. The Labute approximate surface area is 134 Å². The molecule has 1 aromatic carbocycles. The Hall–Kier alpha value is -2.77. The molecule has 8 nitrogen and oxygen atoms in total. The lowest BCUT2D eigenvalue weighted by atomic mass is 10.1. The quantitative estimate of drug-likeness (QED) is 0.686. The summed E-state index contributed by atoms with van der Waals surface area (Å²) in [7, 11) is 1.28. The maximum absolute atomic E-state index is 11.2. The van der Waals surface area contributed by atoms with Crippen LogP contribution in [0.15, 0.2) is 12.1 Å². The highest BCUT2D eigenvalue weighted by atomic mass is 16.5. The fourth-order valence-electron chi connectivity index (χ4n) is 1.37. The number of unbranched alkanes of at least 4 members (excludes halogenated alkanes) is 1. The molecule has 8 heteroatoms. The van der Waals surface area contributed by atoms with Crippen LogP contribution in [0, 0.1) is 0 Å². The molecule has 128 valence electrons. The molecule has 0 saturated carbocycles. The van der Waals surface area contributed by atoms with Gasteiger partial charge in [-0.3, -0.25) is 9.59 Å². The smallest absolute Gasteiger partial charge is 0.341 e. The largest absolute Gasteiger partial charge is 0.496 e. The normalized spacial score (nSPS) is 9.35. The lowest BCUT2D eigenvalue weighted by molar-refractivity contribution is -0.139. The van der Waals surface area contributed by atoms with Crippen LogP contribution in [0.5, 0.6) is 11.5 Å². The second-order valence-electron chi connectivity index (χ2n) is 4.46. The van der Waals surface area contributed by atoms with E-state index < -0.39 is 24.4 Å². The molecule has 0 spiro atoms. The van der Waals surface area contributed by atoms with Crippen LogP contribution in [0.2, 0.25) is 0 Å². The number of benzene rings is 1. The molecule has 0 aromatic heterocycles. The lowest BCUT2D eigenvalue weighted by Crippen LogP contribution is -2.19. The van der Waals surface area contributed by atoms with Gasteiger partial charge in [-0.2, -0.15) is 0 Å². The monoisotopic (exact) mass is 326 g/mol. The van der Waals surface area contributed by atoms with Gasteiger partial charge in [-0.15, -0.1) is 0 Å². The third kappa shape index (κ3) is 6.68. The minimum absolute atomic E-state index is 0.0536. The number of rotatable bonds is 7. The van der Waals surface area contributed by atoms with Gasteiger partial charge in [0.05, 0.1) is 18.2 Å². The van der Waals surface area contributed by atoms with E-state index in [9.17, 15) is 14.4 Å². The van der Waals surface area contributed by atoms with Gasteiger partial charge in [0.2, 0.25) is 0 Å². The fraction of sp³-hybridized carbons (Fsp3) is 0.400. The summed E-state index contributed by atoms with van der Waals surface area (Å²) in [6.45, 7) is 3.69.